The second kappa shape index (κ2) is 5.63. The quantitative estimate of drug-likeness (QED) is 0.819. The van der Waals surface area contributed by atoms with Crippen LogP contribution in [0.2, 0.25) is 0 Å². The molecule has 1 saturated heterocycles. The first-order chi connectivity index (χ1) is 12.3. The smallest absolute Gasteiger partial charge is 0.120 e. The first-order valence-corrected chi connectivity index (χ1v) is 10.0. The molecular formula is C22H28N2O. The van der Waals surface area contributed by atoms with Gasteiger partial charge in [0.1, 0.15) is 5.75 Å². The van der Waals surface area contributed by atoms with Crippen LogP contribution in [0.4, 0.5) is 0 Å². The zero-order valence-corrected chi connectivity index (χ0v) is 15.6. The average Bonchev–Trinajstić information content (AvgIpc) is 3.20. The number of rotatable bonds is 4. The van der Waals surface area contributed by atoms with Crippen LogP contribution >= 0.6 is 0 Å². The van der Waals surface area contributed by atoms with E-state index in [0.29, 0.717) is 12.1 Å². The molecule has 0 aliphatic carbocycles. The molecule has 0 amide bonds. The van der Waals surface area contributed by atoms with E-state index in [1.165, 1.54) is 36.0 Å². The number of aromatic nitrogens is 1. The summed E-state index contributed by atoms with van der Waals surface area (Å²) in [6, 6.07) is 8.00. The second-order valence-electron chi connectivity index (χ2n) is 7.71. The van der Waals surface area contributed by atoms with Crippen molar-refractivity contribution >= 4 is 16.5 Å². The highest BCUT2D eigenvalue weighted by Gasteiger charge is 2.48. The molecule has 3 heteroatoms. The molecule has 0 saturated carbocycles. The lowest BCUT2D eigenvalue weighted by molar-refractivity contribution is 0.263. The van der Waals surface area contributed by atoms with Crippen molar-refractivity contribution < 1.29 is 4.74 Å². The van der Waals surface area contributed by atoms with Crippen LogP contribution in [0.3, 0.4) is 0 Å². The third-order valence-corrected chi connectivity index (χ3v) is 6.65. The highest BCUT2D eigenvalue weighted by Crippen LogP contribution is 2.50. The van der Waals surface area contributed by atoms with E-state index in [1.54, 1.807) is 11.1 Å². The van der Waals surface area contributed by atoms with Gasteiger partial charge >= 0.3 is 0 Å². The molecule has 3 aliphatic rings. The molecule has 132 valence electrons. The van der Waals surface area contributed by atoms with Crippen LogP contribution < -0.4 is 4.74 Å². The number of fused-ring (bicyclic) bond motifs is 4. The third-order valence-electron chi connectivity index (χ3n) is 6.65. The van der Waals surface area contributed by atoms with Crippen molar-refractivity contribution in [2.45, 2.75) is 58.7 Å². The second-order valence-corrected chi connectivity index (χ2v) is 7.71. The molecule has 1 fully saturated rings. The summed E-state index contributed by atoms with van der Waals surface area (Å²) in [5.41, 5.74) is 6.07. The monoisotopic (exact) mass is 336 g/mol. The lowest BCUT2D eigenvalue weighted by Gasteiger charge is -2.25. The number of hydrogen-bond donors (Lipinski definition) is 0. The lowest BCUT2D eigenvalue weighted by atomic mass is 9.84. The number of ether oxygens (including phenoxy) is 1. The summed E-state index contributed by atoms with van der Waals surface area (Å²) < 4.78 is 8.35. The Labute approximate surface area is 150 Å². The maximum Gasteiger partial charge on any atom is 0.120 e. The molecule has 2 aromatic rings. The van der Waals surface area contributed by atoms with Crippen LogP contribution in [0.1, 0.15) is 44.9 Å². The van der Waals surface area contributed by atoms with Gasteiger partial charge < -0.3 is 9.30 Å². The summed E-state index contributed by atoms with van der Waals surface area (Å²) >= 11 is 0. The normalized spacial score (nSPS) is 29.6. The molecule has 25 heavy (non-hydrogen) atoms. The van der Waals surface area contributed by atoms with Crippen LogP contribution in [0.25, 0.3) is 16.5 Å². The Morgan fingerprint density at radius 3 is 2.84 bits per heavy atom. The van der Waals surface area contributed by atoms with Gasteiger partial charge in [0.25, 0.3) is 0 Å². The minimum absolute atomic E-state index is 0.650. The zero-order valence-electron chi connectivity index (χ0n) is 15.6. The SMILES string of the molecule is CCOc1ccc2c(c1)c1c(n2CC)C2=CC3C[C@H](CC)C2N3CC1. The molecule has 4 atom stereocenters. The average molecular weight is 336 g/mol. The number of nitrogens with zero attached hydrogens (tertiary/aromatic N) is 2. The standard InChI is InChI=1S/C22H28N2O/c1-4-14-11-15-12-19-21(14)24(15)10-9-17-18-13-16(25-6-3)7-8-20(18)23(5-2)22(17)19/h7-8,12-15,21H,4-6,9-11H2,1-3H3/t14-,15?,21?/m0/s1. The third kappa shape index (κ3) is 2.02. The van der Waals surface area contributed by atoms with E-state index in [1.807, 2.05) is 0 Å². The molecule has 1 aromatic heterocycles. The van der Waals surface area contributed by atoms with Crippen molar-refractivity contribution in [2.24, 2.45) is 5.92 Å². The Balaban J connectivity index is 1.73. The molecule has 4 bridgehead atoms. The number of hydrogen-bond acceptors (Lipinski definition) is 2. The Bertz CT molecular complexity index is 863. The van der Waals surface area contributed by atoms with Gasteiger partial charge in [-0.15, -0.1) is 0 Å². The van der Waals surface area contributed by atoms with Gasteiger partial charge in [0, 0.05) is 41.8 Å². The van der Waals surface area contributed by atoms with E-state index in [0.717, 1.165) is 31.2 Å². The first kappa shape index (κ1) is 15.5. The Kier molecular flexibility index (Phi) is 3.50. The zero-order chi connectivity index (χ0) is 17.1. The predicted molar refractivity (Wildman–Crippen MR) is 103 cm³/mol. The lowest BCUT2D eigenvalue weighted by Crippen LogP contribution is -2.33. The maximum atomic E-state index is 5.79. The summed E-state index contributed by atoms with van der Waals surface area (Å²) in [5.74, 6) is 1.83. The fourth-order valence-electron chi connectivity index (χ4n) is 5.68. The van der Waals surface area contributed by atoms with Gasteiger partial charge in [-0.1, -0.05) is 19.4 Å². The molecule has 0 N–H and O–H groups in total. The summed E-state index contributed by atoms with van der Waals surface area (Å²) in [7, 11) is 0. The van der Waals surface area contributed by atoms with Gasteiger partial charge in [0.15, 0.2) is 0 Å². The van der Waals surface area contributed by atoms with E-state index in [2.05, 4.69) is 54.5 Å². The van der Waals surface area contributed by atoms with Crippen LogP contribution in [0, 0.1) is 5.92 Å². The minimum Gasteiger partial charge on any atom is -0.494 e. The fraction of sp³-hybridized carbons (Fsp3) is 0.545. The maximum absolute atomic E-state index is 5.79. The van der Waals surface area contributed by atoms with Gasteiger partial charge in [-0.2, -0.15) is 0 Å². The molecule has 4 heterocycles. The Morgan fingerprint density at radius 2 is 2.08 bits per heavy atom. The van der Waals surface area contributed by atoms with Crippen molar-refractivity contribution in [2.75, 3.05) is 13.2 Å². The molecule has 3 unspecified atom stereocenters. The highest BCUT2D eigenvalue weighted by atomic mass is 16.5. The summed E-state index contributed by atoms with van der Waals surface area (Å²) in [5, 5.41) is 1.40. The fourth-order valence-corrected chi connectivity index (χ4v) is 5.68. The first-order valence-electron chi connectivity index (χ1n) is 10.0. The molecule has 5 rings (SSSR count). The van der Waals surface area contributed by atoms with Gasteiger partial charge in [0.05, 0.1) is 6.61 Å². The molecule has 3 aliphatic heterocycles. The van der Waals surface area contributed by atoms with Gasteiger partial charge in [-0.05, 0) is 61.9 Å². The van der Waals surface area contributed by atoms with E-state index < -0.39 is 0 Å². The minimum atomic E-state index is 0.650. The van der Waals surface area contributed by atoms with E-state index >= 15 is 0 Å². The van der Waals surface area contributed by atoms with Gasteiger partial charge in [-0.25, -0.2) is 0 Å². The van der Waals surface area contributed by atoms with Gasteiger partial charge in [-0.3, -0.25) is 4.90 Å². The molecule has 1 aromatic carbocycles. The van der Waals surface area contributed by atoms with Crippen molar-refractivity contribution in [3.63, 3.8) is 0 Å². The van der Waals surface area contributed by atoms with Crippen molar-refractivity contribution in [1.82, 2.24) is 9.47 Å². The van der Waals surface area contributed by atoms with E-state index in [4.69, 9.17) is 4.74 Å². The number of aryl methyl sites for hydroxylation is 1. The number of benzene rings is 1. The van der Waals surface area contributed by atoms with Crippen molar-refractivity contribution in [3.8, 4) is 5.75 Å². The molecular weight excluding hydrogens is 308 g/mol. The molecule has 3 nitrogen and oxygen atoms in total. The van der Waals surface area contributed by atoms with Crippen LogP contribution in [-0.4, -0.2) is 34.7 Å². The highest BCUT2D eigenvalue weighted by molar-refractivity contribution is 5.93. The van der Waals surface area contributed by atoms with Crippen molar-refractivity contribution in [3.05, 3.63) is 35.5 Å². The molecule has 0 radical (unpaired) electrons. The van der Waals surface area contributed by atoms with E-state index in [9.17, 15) is 0 Å². The van der Waals surface area contributed by atoms with Gasteiger partial charge in [0.2, 0.25) is 0 Å². The summed E-state index contributed by atoms with van der Waals surface area (Å²) in [6.07, 6.45) is 6.41. The van der Waals surface area contributed by atoms with Crippen LogP contribution in [-0.2, 0) is 13.0 Å². The topological polar surface area (TPSA) is 17.4 Å². The van der Waals surface area contributed by atoms with Crippen LogP contribution in [0.5, 0.6) is 5.75 Å². The Morgan fingerprint density at radius 1 is 1.20 bits per heavy atom. The summed E-state index contributed by atoms with van der Waals surface area (Å²) in [6.45, 7) is 9.66. The predicted octanol–water partition coefficient (Wildman–Crippen LogP) is 4.48. The molecule has 0 spiro atoms. The Hall–Kier alpha value is -1.74. The summed E-state index contributed by atoms with van der Waals surface area (Å²) in [4.78, 5) is 2.78. The van der Waals surface area contributed by atoms with Crippen molar-refractivity contribution in [1.29, 1.82) is 0 Å². The van der Waals surface area contributed by atoms with Crippen LogP contribution in [0.15, 0.2) is 24.3 Å². The van der Waals surface area contributed by atoms with E-state index in [-0.39, 0.29) is 0 Å². The largest absolute Gasteiger partial charge is 0.494 e.